The Balaban J connectivity index is 1.99. The van der Waals surface area contributed by atoms with E-state index in [-0.39, 0.29) is 11.8 Å². The fraction of sp³-hybridized carbons (Fsp3) is 0.467. The zero-order valence-electron chi connectivity index (χ0n) is 11.6. The lowest BCUT2D eigenvalue weighted by molar-refractivity contribution is -0.142. The van der Waals surface area contributed by atoms with Crippen molar-refractivity contribution >= 4 is 17.6 Å². The van der Waals surface area contributed by atoms with Crippen LogP contribution < -0.4 is 10.6 Å². The van der Waals surface area contributed by atoms with Crippen LogP contribution in [0.1, 0.15) is 25.3 Å². The quantitative estimate of drug-likeness (QED) is 0.764. The number of carbonyl (C=O) groups is 2. The second kappa shape index (κ2) is 6.41. The van der Waals surface area contributed by atoms with Crippen molar-refractivity contribution in [1.29, 1.82) is 0 Å². The van der Waals surface area contributed by atoms with Crippen LogP contribution >= 0.6 is 0 Å². The van der Waals surface area contributed by atoms with E-state index in [0.29, 0.717) is 19.4 Å². The Morgan fingerprint density at radius 2 is 2.20 bits per heavy atom. The molecule has 2 rings (SSSR count). The highest BCUT2D eigenvalue weighted by Crippen LogP contribution is 2.24. The summed E-state index contributed by atoms with van der Waals surface area (Å²) in [5, 5.41) is 14.9. The normalized spacial score (nSPS) is 18.6. The van der Waals surface area contributed by atoms with Crippen molar-refractivity contribution in [3.05, 3.63) is 29.8 Å². The number of hydrogen-bond donors (Lipinski definition) is 3. The second-order valence-electron chi connectivity index (χ2n) is 5.13. The van der Waals surface area contributed by atoms with E-state index >= 15 is 0 Å². The van der Waals surface area contributed by atoms with Gasteiger partial charge in [0.2, 0.25) is 5.91 Å². The number of para-hydroxylation sites is 1. The Hall–Kier alpha value is -2.04. The molecule has 0 saturated carbocycles. The van der Waals surface area contributed by atoms with Gasteiger partial charge in [0.05, 0.1) is 5.92 Å². The number of amides is 1. The van der Waals surface area contributed by atoms with E-state index in [1.165, 1.54) is 0 Å². The van der Waals surface area contributed by atoms with Crippen molar-refractivity contribution in [2.24, 2.45) is 5.92 Å². The summed E-state index contributed by atoms with van der Waals surface area (Å²) in [5.74, 6) is -1.37. The third-order valence-electron chi connectivity index (χ3n) is 3.59. The van der Waals surface area contributed by atoms with Gasteiger partial charge < -0.3 is 15.7 Å². The number of fused-ring (bicyclic) bond motifs is 1. The van der Waals surface area contributed by atoms with Crippen LogP contribution in [0.5, 0.6) is 0 Å². The molecule has 1 heterocycles. The van der Waals surface area contributed by atoms with Gasteiger partial charge in [-0.15, -0.1) is 0 Å². The van der Waals surface area contributed by atoms with Crippen molar-refractivity contribution in [3.63, 3.8) is 0 Å². The van der Waals surface area contributed by atoms with Gasteiger partial charge in [0.25, 0.3) is 0 Å². The molecule has 5 nitrogen and oxygen atoms in total. The topological polar surface area (TPSA) is 78.4 Å². The van der Waals surface area contributed by atoms with Crippen LogP contribution in [0.2, 0.25) is 0 Å². The summed E-state index contributed by atoms with van der Waals surface area (Å²) in [6.45, 7) is 2.45. The molecule has 20 heavy (non-hydrogen) atoms. The van der Waals surface area contributed by atoms with Crippen LogP contribution in [0, 0.1) is 5.92 Å². The highest BCUT2D eigenvalue weighted by molar-refractivity contribution is 5.86. The van der Waals surface area contributed by atoms with Crippen LogP contribution in [-0.4, -0.2) is 29.6 Å². The smallest absolute Gasteiger partial charge is 0.326 e. The number of carbonyl (C=O) groups excluding carboxylic acids is 1. The number of anilines is 1. The highest BCUT2D eigenvalue weighted by Gasteiger charge is 2.27. The second-order valence-corrected chi connectivity index (χ2v) is 5.13. The zero-order valence-corrected chi connectivity index (χ0v) is 11.6. The van der Waals surface area contributed by atoms with Crippen LogP contribution in [-0.2, 0) is 16.0 Å². The average Bonchev–Trinajstić information content (AvgIpc) is 2.46. The third-order valence-corrected chi connectivity index (χ3v) is 3.59. The lowest BCUT2D eigenvalue weighted by Crippen LogP contribution is -2.46. The molecule has 0 aromatic heterocycles. The SMILES string of the molecule is CCC[C@H](NC(=O)C1CNc2ccccc2C1)C(=O)O. The minimum Gasteiger partial charge on any atom is -0.480 e. The van der Waals surface area contributed by atoms with E-state index in [0.717, 1.165) is 17.7 Å². The summed E-state index contributed by atoms with van der Waals surface area (Å²) < 4.78 is 0. The first-order chi connectivity index (χ1) is 9.61. The summed E-state index contributed by atoms with van der Waals surface area (Å²) in [5.41, 5.74) is 2.15. The van der Waals surface area contributed by atoms with Gasteiger partial charge in [0.1, 0.15) is 6.04 Å². The van der Waals surface area contributed by atoms with Crippen molar-refractivity contribution in [1.82, 2.24) is 5.32 Å². The van der Waals surface area contributed by atoms with E-state index in [9.17, 15) is 9.59 Å². The Morgan fingerprint density at radius 1 is 1.45 bits per heavy atom. The molecule has 1 aromatic carbocycles. The Kier molecular flexibility index (Phi) is 4.61. The number of hydrogen-bond acceptors (Lipinski definition) is 3. The third kappa shape index (κ3) is 3.29. The van der Waals surface area contributed by atoms with E-state index in [1.54, 1.807) is 0 Å². The van der Waals surface area contributed by atoms with Gasteiger partial charge in [0, 0.05) is 12.2 Å². The minimum absolute atomic E-state index is 0.187. The summed E-state index contributed by atoms with van der Waals surface area (Å²) in [6.07, 6.45) is 1.83. The maximum absolute atomic E-state index is 12.2. The van der Waals surface area contributed by atoms with Gasteiger partial charge >= 0.3 is 5.97 Å². The number of rotatable bonds is 5. The van der Waals surface area contributed by atoms with Gasteiger partial charge in [-0.05, 0) is 24.5 Å². The molecule has 0 fully saturated rings. The Bertz CT molecular complexity index is 502. The monoisotopic (exact) mass is 276 g/mol. The predicted molar refractivity (Wildman–Crippen MR) is 76.6 cm³/mol. The summed E-state index contributed by atoms with van der Waals surface area (Å²) in [7, 11) is 0. The molecule has 0 aliphatic carbocycles. The summed E-state index contributed by atoms with van der Waals surface area (Å²) in [4.78, 5) is 23.3. The van der Waals surface area contributed by atoms with Crippen LogP contribution in [0.3, 0.4) is 0 Å². The van der Waals surface area contributed by atoms with Crippen molar-refractivity contribution in [3.8, 4) is 0 Å². The van der Waals surface area contributed by atoms with Gasteiger partial charge in [-0.2, -0.15) is 0 Å². The standard InChI is InChI=1S/C15H20N2O3/c1-2-5-13(15(19)20)17-14(18)11-8-10-6-3-4-7-12(10)16-9-11/h3-4,6-7,11,13,16H,2,5,8-9H2,1H3,(H,17,18)(H,19,20)/t11?,13-/m0/s1. The lowest BCUT2D eigenvalue weighted by atomic mass is 9.93. The summed E-state index contributed by atoms with van der Waals surface area (Å²) in [6, 6.07) is 7.08. The molecule has 1 unspecified atom stereocenters. The van der Waals surface area contributed by atoms with Crippen LogP contribution in [0.15, 0.2) is 24.3 Å². The van der Waals surface area contributed by atoms with Crippen LogP contribution in [0.25, 0.3) is 0 Å². The van der Waals surface area contributed by atoms with Gasteiger partial charge in [-0.1, -0.05) is 31.5 Å². The molecule has 1 aliphatic rings. The number of carboxylic acid groups (broad SMARTS) is 1. The molecule has 2 atom stereocenters. The maximum atomic E-state index is 12.2. The molecule has 108 valence electrons. The van der Waals surface area contributed by atoms with Gasteiger partial charge in [-0.3, -0.25) is 4.79 Å². The molecule has 0 bridgehead atoms. The number of carboxylic acids is 1. The van der Waals surface area contributed by atoms with Crippen molar-refractivity contribution in [2.75, 3.05) is 11.9 Å². The number of aliphatic carboxylic acids is 1. The molecule has 5 heteroatoms. The van der Waals surface area contributed by atoms with Crippen LogP contribution in [0.4, 0.5) is 5.69 Å². The first-order valence-electron chi connectivity index (χ1n) is 6.96. The first-order valence-corrected chi connectivity index (χ1v) is 6.96. The molecule has 3 N–H and O–H groups in total. The van der Waals surface area contributed by atoms with Crippen molar-refractivity contribution in [2.45, 2.75) is 32.2 Å². The maximum Gasteiger partial charge on any atom is 0.326 e. The molecular formula is C15H20N2O3. The van der Waals surface area contributed by atoms with Gasteiger partial charge in [0.15, 0.2) is 0 Å². The largest absolute Gasteiger partial charge is 0.480 e. The molecular weight excluding hydrogens is 256 g/mol. The fourth-order valence-corrected chi connectivity index (χ4v) is 2.46. The van der Waals surface area contributed by atoms with E-state index in [4.69, 9.17) is 5.11 Å². The predicted octanol–water partition coefficient (Wildman–Crippen LogP) is 1.64. The minimum atomic E-state index is -0.968. The van der Waals surface area contributed by atoms with Gasteiger partial charge in [-0.25, -0.2) is 4.79 Å². The summed E-state index contributed by atoms with van der Waals surface area (Å²) >= 11 is 0. The molecule has 1 aliphatic heterocycles. The Labute approximate surface area is 118 Å². The lowest BCUT2D eigenvalue weighted by Gasteiger charge is -2.26. The number of benzene rings is 1. The van der Waals surface area contributed by atoms with Crippen molar-refractivity contribution < 1.29 is 14.7 Å². The fourth-order valence-electron chi connectivity index (χ4n) is 2.46. The first kappa shape index (κ1) is 14.4. The molecule has 1 aromatic rings. The van der Waals surface area contributed by atoms with E-state index < -0.39 is 12.0 Å². The highest BCUT2D eigenvalue weighted by atomic mass is 16.4. The Morgan fingerprint density at radius 3 is 2.90 bits per heavy atom. The molecule has 0 spiro atoms. The van der Waals surface area contributed by atoms with E-state index in [2.05, 4.69) is 10.6 Å². The zero-order chi connectivity index (χ0) is 14.5. The number of nitrogens with one attached hydrogen (secondary N) is 2. The molecule has 0 saturated heterocycles. The van der Waals surface area contributed by atoms with E-state index in [1.807, 2.05) is 31.2 Å². The average molecular weight is 276 g/mol. The molecule has 0 radical (unpaired) electrons. The molecule has 1 amide bonds.